The Labute approximate surface area is 161 Å². The molecule has 0 radical (unpaired) electrons. The summed E-state index contributed by atoms with van der Waals surface area (Å²) < 4.78 is 27.8. The summed E-state index contributed by atoms with van der Waals surface area (Å²) in [7, 11) is -3.59. The Kier molecular flexibility index (Phi) is 5.03. The lowest BCUT2D eigenvalue weighted by molar-refractivity contribution is -0.119. The molecule has 1 aromatic carbocycles. The molecule has 148 valence electrons. The number of benzene rings is 1. The van der Waals surface area contributed by atoms with Crippen LogP contribution < -0.4 is 4.90 Å². The number of anilines is 1. The molecule has 1 aromatic rings. The minimum atomic E-state index is -3.59. The molecule has 2 atom stereocenters. The number of sulfonamides is 1. The fourth-order valence-corrected chi connectivity index (χ4v) is 6.52. The lowest BCUT2D eigenvalue weighted by Crippen LogP contribution is -2.49. The van der Waals surface area contributed by atoms with Gasteiger partial charge in [0.15, 0.2) is 0 Å². The largest absolute Gasteiger partial charge is 0.392 e. The van der Waals surface area contributed by atoms with Crippen molar-refractivity contribution in [1.29, 1.82) is 0 Å². The fourth-order valence-electron chi connectivity index (χ4n) is 4.94. The zero-order valence-electron chi connectivity index (χ0n) is 15.6. The first-order valence-corrected chi connectivity index (χ1v) is 11.5. The van der Waals surface area contributed by atoms with Gasteiger partial charge in [0.2, 0.25) is 15.9 Å². The van der Waals surface area contributed by atoms with E-state index in [1.165, 1.54) is 0 Å². The van der Waals surface area contributed by atoms with Crippen molar-refractivity contribution in [2.45, 2.75) is 62.4 Å². The highest BCUT2D eigenvalue weighted by molar-refractivity contribution is 7.89. The average molecular weight is 393 g/mol. The number of piperidine rings is 2. The number of aliphatic hydroxyl groups is 1. The number of rotatable bonds is 3. The van der Waals surface area contributed by atoms with Crippen LogP contribution in [0.25, 0.3) is 0 Å². The first kappa shape index (κ1) is 18.9. The third-order valence-electron chi connectivity index (χ3n) is 6.54. The molecule has 1 aliphatic carbocycles. The molecular formula is C20H28N2O4S. The van der Waals surface area contributed by atoms with E-state index in [9.17, 15) is 18.3 Å². The smallest absolute Gasteiger partial charge is 0.243 e. The molecule has 7 heteroatoms. The van der Waals surface area contributed by atoms with Gasteiger partial charge in [-0.2, -0.15) is 4.31 Å². The summed E-state index contributed by atoms with van der Waals surface area (Å²) in [5.41, 5.74) is 0.492. The minimum Gasteiger partial charge on any atom is -0.392 e. The van der Waals surface area contributed by atoms with Gasteiger partial charge in [-0.15, -0.1) is 0 Å². The Morgan fingerprint density at radius 2 is 1.74 bits per heavy atom. The van der Waals surface area contributed by atoms with E-state index >= 15 is 0 Å². The van der Waals surface area contributed by atoms with E-state index in [2.05, 4.69) is 0 Å². The number of nitrogens with zero attached hydrogens (tertiary/aromatic N) is 2. The summed E-state index contributed by atoms with van der Waals surface area (Å²) in [6, 6.07) is 6.69. The maximum atomic E-state index is 13.1. The predicted octanol–water partition coefficient (Wildman–Crippen LogP) is 2.52. The van der Waals surface area contributed by atoms with E-state index in [4.69, 9.17) is 0 Å². The summed E-state index contributed by atoms with van der Waals surface area (Å²) in [5, 5.41) is 10.4. The Morgan fingerprint density at radius 1 is 1.00 bits per heavy atom. The molecule has 1 saturated carbocycles. The number of carbonyl (C=O) groups excluding carboxylic acids is 1. The second kappa shape index (κ2) is 7.18. The quantitative estimate of drug-likeness (QED) is 0.857. The van der Waals surface area contributed by atoms with Crippen LogP contribution >= 0.6 is 0 Å². The molecule has 0 aromatic heterocycles. The Bertz CT molecular complexity index is 808. The monoisotopic (exact) mass is 392 g/mol. The molecule has 4 rings (SSSR count). The van der Waals surface area contributed by atoms with Crippen LogP contribution in [0.1, 0.15) is 51.4 Å². The van der Waals surface area contributed by atoms with Gasteiger partial charge in [0.25, 0.3) is 0 Å². The summed E-state index contributed by atoms with van der Waals surface area (Å²) in [6.45, 7) is 1.60. The molecule has 0 bridgehead atoms. The van der Waals surface area contributed by atoms with Crippen LogP contribution in [0, 0.1) is 5.41 Å². The summed E-state index contributed by atoms with van der Waals surface area (Å²) in [4.78, 5) is 14.1. The highest BCUT2D eigenvalue weighted by atomic mass is 32.2. The normalized spacial score (nSPS) is 30.2. The van der Waals surface area contributed by atoms with Crippen LogP contribution in [-0.2, 0) is 14.8 Å². The molecule has 1 amide bonds. The Balaban J connectivity index is 1.54. The van der Waals surface area contributed by atoms with Crippen LogP contribution in [0.2, 0.25) is 0 Å². The average Bonchev–Trinajstić information content (AvgIpc) is 3.02. The zero-order chi connectivity index (χ0) is 19.1. The molecule has 1 spiro atoms. The fraction of sp³-hybridized carbons (Fsp3) is 0.650. The molecule has 1 N–H and O–H groups in total. The van der Waals surface area contributed by atoms with E-state index in [0.717, 1.165) is 50.6 Å². The van der Waals surface area contributed by atoms with Crippen LogP contribution in [-0.4, -0.2) is 49.5 Å². The lowest BCUT2D eigenvalue weighted by atomic mass is 9.77. The molecule has 2 heterocycles. The second-order valence-electron chi connectivity index (χ2n) is 8.21. The number of amides is 1. The highest BCUT2D eigenvalue weighted by Crippen LogP contribution is 2.46. The van der Waals surface area contributed by atoms with Gasteiger partial charge in [0.05, 0.1) is 11.0 Å². The molecule has 3 fully saturated rings. The van der Waals surface area contributed by atoms with Crippen molar-refractivity contribution in [2.75, 3.05) is 24.5 Å². The van der Waals surface area contributed by atoms with Crippen molar-refractivity contribution in [2.24, 2.45) is 5.41 Å². The van der Waals surface area contributed by atoms with Crippen molar-refractivity contribution in [1.82, 2.24) is 4.31 Å². The van der Waals surface area contributed by atoms with Crippen molar-refractivity contribution in [3.63, 3.8) is 0 Å². The first-order chi connectivity index (χ1) is 12.9. The van der Waals surface area contributed by atoms with Gasteiger partial charge in [-0.1, -0.05) is 6.42 Å². The van der Waals surface area contributed by atoms with Gasteiger partial charge < -0.3 is 10.0 Å². The van der Waals surface area contributed by atoms with Crippen LogP contribution in [0.15, 0.2) is 29.2 Å². The minimum absolute atomic E-state index is 0.102. The predicted molar refractivity (Wildman–Crippen MR) is 103 cm³/mol. The second-order valence-corrected chi connectivity index (χ2v) is 10.1. The van der Waals surface area contributed by atoms with Gasteiger partial charge >= 0.3 is 0 Å². The summed E-state index contributed by atoms with van der Waals surface area (Å²) in [6.07, 6.45) is 6.37. The van der Waals surface area contributed by atoms with E-state index < -0.39 is 16.1 Å². The topological polar surface area (TPSA) is 77.9 Å². The SMILES string of the molecule is O=C1CCCCN1c1ccc(S(=O)(=O)N2CCC[C@]3(CCC[C@H]3O)C2)cc1. The summed E-state index contributed by atoms with van der Waals surface area (Å²) in [5.74, 6) is 0.102. The number of hydrogen-bond acceptors (Lipinski definition) is 4. The van der Waals surface area contributed by atoms with Gasteiger partial charge in [-0.25, -0.2) is 8.42 Å². The lowest BCUT2D eigenvalue weighted by Gasteiger charge is -2.41. The van der Waals surface area contributed by atoms with Crippen LogP contribution in [0.3, 0.4) is 0 Å². The molecule has 0 unspecified atom stereocenters. The van der Waals surface area contributed by atoms with Gasteiger partial charge in [0, 0.05) is 37.2 Å². The summed E-state index contributed by atoms with van der Waals surface area (Å²) >= 11 is 0. The standard InChI is InChI=1S/C20H28N2O4S/c23-18-5-3-11-20(18)12-4-13-21(15-20)27(25,26)17-9-7-16(8-10-17)22-14-2-1-6-19(22)24/h7-10,18,23H,1-6,11-15H2/t18-,20-/m1/s1. The molecule has 3 aliphatic rings. The van der Waals surface area contributed by atoms with Crippen molar-refractivity contribution < 1.29 is 18.3 Å². The third-order valence-corrected chi connectivity index (χ3v) is 8.40. The van der Waals surface area contributed by atoms with Crippen LogP contribution in [0.5, 0.6) is 0 Å². The Hall–Kier alpha value is -1.44. The number of aliphatic hydroxyl groups excluding tert-OH is 1. The molecule has 2 aliphatic heterocycles. The van der Waals surface area contributed by atoms with Gasteiger partial charge in [-0.05, 0) is 62.8 Å². The molecule has 27 heavy (non-hydrogen) atoms. The van der Waals surface area contributed by atoms with Crippen molar-refractivity contribution >= 4 is 21.6 Å². The number of carbonyl (C=O) groups is 1. The zero-order valence-corrected chi connectivity index (χ0v) is 16.5. The number of hydrogen-bond donors (Lipinski definition) is 1. The van der Waals surface area contributed by atoms with Crippen molar-refractivity contribution in [3.05, 3.63) is 24.3 Å². The highest BCUT2D eigenvalue weighted by Gasteiger charge is 2.47. The van der Waals surface area contributed by atoms with E-state index in [0.29, 0.717) is 26.1 Å². The van der Waals surface area contributed by atoms with Gasteiger partial charge in [-0.3, -0.25) is 4.79 Å². The van der Waals surface area contributed by atoms with E-state index in [1.807, 2.05) is 0 Å². The molecule has 6 nitrogen and oxygen atoms in total. The van der Waals surface area contributed by atoms with Crippen LogP contribution in [0.4, 0.5) is 5.69 Å². The van der Waals surface area contributed by atoms with E-state index in [-0.39, 0.29) is 16.2 Å². The molecular weight excluding hydrogens is 364 g/mol. The maximum Gasteiger partial charge on any atom is 0.243 e. The maximum absolute atomic E-state index is 13.1. The van der Waals surface area contributed by atoms with E-state index in [1.54, 1.807) is 33.5 Å². The first-order valence-electron chi connectivity index (χ1n) is 10.0. The Morgan fingerprint density at radius 3 is 2.41 bits per heavy atom. The van der Waals surface area contributed by atoms with Crippen molar-refractivity contribution in [3.8, 4) is 0 Å². The third kappa shape index (κ3) is 3.41. The molecule has 2 saturated heterocycles. The van der Waals surface area contributed by atoms with Gasteiger partial charge in [0.1, 0.15) is 0 Å².